The summed E-state index contributed by atoms with van der Waals surface area (Å²) >= 11 is 3.39. The minimum absolute atomic E-state index is 0. The number of halogens is 2. The van der Waals surface area contributed by atoms with E-state index >= 15 is 0 Å². The number of pyridine rings is 1. The van der Waals surface area contributed by atoms with Gasteiger partial charge >= 0.3 is 0 Å². The van der Waals surface area contributed by atoms with Crippen LogP contribution in [0.3, 0.4) is 0 Å². The molecule has 152 valence electrons. The van der Waals surface area contributed by atoms with Crippen LogP contribution >= 0.6 is 39.9 Å². The lowest BCUT2D eigenvalue weighted by Gasteiger charge is -2.36. The van der Waals surface area contributed by atoms with Crippen LogP contribution in [0.1, 0.15) is 11.4 Å². The summed E-state index contributed by atoms with van der Waals surface area (Å²) in [6.07, 6.45) is 1.73. The van der Waals surface area contributed by atoms with Crippen molar-refractivity contribution in [3.8, 4) is 5.88 Å². The average Bonchev–Trinajstić information content (AvgIpc) is 2.69. The topological polar surface area (TPSA) is 78.8 Å². The van der Waals surface area contributed by atoms with Crippen LogP contribution in [0.15, 0.2) is 33.9 Å². The van der Waals surface area contributed by atoms with Crippen LogP contribution in [0, 0.1) is 6.92 Å². The molecule has 1 fully saturated rings. The van der Waals surface area contributed by atoms with Gasteiger partial charge in [-0.15, -0.1) is 24.0 Å². The largest absolute Gasteiger partial charge is 0.480 e. The molecule has 1 saturated heterocycles. The Morgan fingerprint density at radius 2 is 2.00 bits per heavy atom. The first-order valence-corrected chi connectivity index (χ1v) is 9.59. The third-order valence-electron chi connectivity index (χ3n) is 4.34. The molecule has 2 aromatic rings. The van der Waals surface area contributed by atoms with E-state index in [-0.39, 0.29) is 24.0 Å². The van der Waals surface area contributed by atoms with E-state index < -0.39 is 0 Å². The Kier molecular flexibility index (Phi) is 8.67. The first-order valence-electron chi connectivity index (χ1n) is 8.80. The summed E-state index contributed by atoms with van der Waals surface area (Å²) < 4.78 is 6.02. The molecule has 0 atom stereocenters. The van der Waals surface area contributed by atoms with Crippen LogP contribution in [-0.2, 0) is 6.54 Å². The first-order chi connectivity index (χ1) is 13.1. The maximum atomic E-state index is 5.27. The van der Waals surface area contributed by atoms with Gasteiger partial charge in [-0.3, -0.25) is 9.98 Å². The lowest BCUT2D eigenvalue weighted by Crippen LogP contribution is -2.52. The summed E-state index contributed by atoms with van der Waals surface area (Å²) in [4.78, 5) is 22.2. The van der Waals surface area contributed by atoms with Crippen LogP contribution in [0.4, 0.5) is 5.95 Å². The summed E-state index contributed by atoms with van der Waals surface area (Å²) in [5.74, 6) is 2.11. The highest BCUT2D eigenvalue weighted by atomic mass is 127. The van der Waals surface area contributed by atoms with Crippen molar-refractivity contribution >= 4 is 51.8 Å². The smallest absolute Gasteiger partial charge is 0.232 e. The molecule has 0 aromatic carbocycles. The van der Waals surface area contributed by atoms with E-state index in [9.17, 15) is 0 Å². The van der Waals surface area contributed by atoms with Crippen molar-refractivity contribution in [1.29, 1.82) is 0 Å². The Morgan fingerprint density at radius 3 is 2.64 bits per heavy atom. The number of ether oxygens (including phenoxy) is 1. The van der Waals surface area contributed by atoms with Gasteiger partial charge < -0.3 is 19.9 Å². The summed E-state index contributed by atoms with van der Waals surface area (Å²) in [6.45, 7) is 5.95. The molecule has 3 rings (SSSR count). The van der Waals surface area contributed by atoms with Crippen molar-refractivity contribution in [2.75, 3.05) is 45.2 Å². The van der Waals surface area contributed by atoms with E-state index in [2.05, 4.69) is 51.0 Å². The van der Waals surface area contributed by atoms with Crippen molar-refractivity contribution in [3.05, 3.63) is 40.3 Å². The molecular formula is C18H25BrIN7O. The minimum Gasteiger partial charge on any atom is -0.480 e. The van der Waals surface area contributed by atoms with E-state index in [0.717, 1.165) is 48.0 Å². The van der Waals surface area contributed by atoms with Gasteiger partial charge in [0, 0.05) is 38.9 Å². The number of hydrogen-bond acceptors (Lipinski definition) is 6. The third-order valence-corrected chi connectivity index (χ3v) is 4.88. The van der Waals surface area contributed by atoms with Crippen LogP contribution in [0.2, 0.25) is 0 Å². The summed E-state index contributed by atoms with van der Waals surface area (Å²) in [5, 5.41) is 3.40. The quantitative estimate of drug-likeness (QED) is 0.349. The fourth-order valence-electron chi connectivity index (χ4n) is 2.96. The molecule has 0 amide bonds. The van der Waals surface area contributed by atoms with Gasteiger partial charge in [-0.2, -0.15) is 4.98 Å². The number of rotatable bonds is 4. The second-order valence-corrected chi connectivity index (χ2v) is 7.03. The van der Waals surface area contributed by atoms with Crippen molar-refractivity contribution in [2.24, 2.45) is 4.99 Å². The molecule has 0 aliphatic carbocycles. The van der Waals surface area contributed by atoms with Gasteiger partial charge in [-0.25, -0.2) is 4.98 Å². The number of anilines is 1. The van der Waals surface area contributed by atoms with E-state index in [1.807, 2.05) is 25.1 Å². The number of aromatic nitrogens is 3. The van der Waals surface area contributed by atoms with Gasteiger partial charge in [-0.1, -0.05) is 6.07 Å². The molecular weight excluding hydrogens is 537 g/mol. The molecule has 0 spiro atoms. The Balaban J connectivity index is 0.00000280. The molecule has 2 aromatic heterocycles. The van der Waals surface area contributed by atoms with Gasteiger partial charge in [0.25, 0.3) is 0 Å². The zero-order valence-corrected chi connectivity index (χ0v) is 20.1. The van der Waals surface area contributed by atoms with Gasteiger partial charge in [0.05, 0.1) is 30.0 Å². The molecule has 1 aliphatic rings. The molecule has 0 bridgehead atoms. The summed E-state index contributed by atoms with van der Waals surface area (Å²) in [5.41, 5.74) is 2.02. The SMILES string of the molecule is CN=C(NCc1cccc(C)n1)N1CCN(c2ncc(Br)c(OC)n2)CC1.I. The number of aryl methyl sites for hydroxylation is 1. The number of aliphatic imine (C=N–C) groups is 1. The first kappa shape index (κ1) is 22.6. The Labute approximate surface area is 191 Å². The number of nitrogens with zero attached hydrogens (tertiary/aromatic N) is 6. The number of piperazine rings is 1. The van der Waals surface area contributed by atoms with Gasteiger partial charge in [0.1, 0.15) is 0 Å². The van der Waals surface area contributed by atoms with Crippen LogP contribution in [0.5, 0.6) is 5.88 Å². The molecule has 10 heteroatoms. The molecule has 3 heterocycles. The second-order valence-electron chi connectivity index (χ2n) is 6.17. The predicted molar refractivity (Wildman–Crippen MR) is 125 cm³/mol. The van der Waals surface area contributed by atoms with Crippen molar-refractivity contribution < 1.29 is 4.74 Å². The van der Waals surface area contributed by atoms with Gasteiger partial charge in [-0.05, 0) is 35.0 Å². The lowest BCUT2D eigenvalue weighted by molar-refractivity contribution is 0.366. The molecule has 8 nitrogen and oxygen atoms in total. The number of guanidine groups is 1. The summed E-state index contributed by atoms with van der Waals surface area (Å²) in [7, 11) is 3.41. The normalized spacial score (nSPS) is 14.5. The lowest BCUT2D eigenvalue weighted by atomic mass is 10.3. The van der Waals surface area contributed by atoms with E-state index in [4.69, 9.17) is 4.74 Å². The second kappa shape index (κ2) is 10.7. The maximum absolute atomic E-state index is 5.27. The predicted octanol–water partition coefficient (Wildman–Crippen LogP) is 2.47. The molecule has 0 unspecified atom stereocenters. The maximum Gasteiger partial charge on any atom is 0.232 e. The van der Waals surface area contributed by atoms with Gasteiger partial charge in [0.2, 0.25) is 11.8 Å². The van der Waals surface area contributed by atoms with Crippen LogP contribution in [0.25, 0.3) is 0 Å². The van der Waals surface area contributed by atoms with Crippen LogP contribution in [-0.4, -0.2) is 66.1 Å². The molecule has 28 heavy (non-hydrogen) atoms. The van der Waals surface area contributed by atoms with Crippen LogP contribution < -0.4 is 15.0 Å². The number of methoxy groups -OCH3 is 1. The zero-order chi connectivity index (χ0) is 19.2. The van der Waals surface area contributed by atoms with Crippen molar-refractivity contribution in [1.82, 2.24) is 25.2 Å². The van der Waals surface area contributed by atoms with Crippen molar-refractivity contribution in [3.63, 3.8) is 0 Å². The monoisotopic (exact) mass is 561 g/mol. The summed E-state index contributed by atoms with van der Waals surface area (Å²) in [6, 6.07) is 6.04. The molecule has 1 aliphatic heterocycles. The van der Waals surface area contributed by atoms with E-state index in [1.165, 1.54) is 0 Å². The van der Waals surface area contributed by atoms with E-state index in [1.54, 1.807) is 20.4 Å². The van der Waals surface area contributed by atoms with Crippen molar-refractivity contribution in [2.45, 2.75) is 13.5 Å². The molecule has 0 radical (unpaired) electrons. The fourth-order valence-corrected chi connectivity index (χ4v) is 3.31. The molecule has 0 saturated carbocycles. The highest BCUT2D eigenvalue weighted by Gasteiger charge is 2.22. The molecule has 1 N–H and O–H groups in total. The highest BCUT2D eigenvalue weighted by molar-refractivity contribution is 14.0. The Hall–Kier alpha value is -1.69. The number of hydrogen-bond donors (Lipinski definition) is 1. The standard InChI is InChI=1S/C18H24BrN7O.HI/c1-13-5-4-6-14(23-13)11-21-17(20-2)25-7-9-26(10-8-25)18-22-12-15(19)16(24-18)27-3;/h4-6,12H,7-11H2,1-3H3,(H,20,21);1H. The van der Waals surface area contributed by atoms with Gasteiger partial charge in [0.15, 0.2) is 5.96 Å². The minimum atomic E-state index is 0. The Bertz CT molecular complexity index is 812. The number of nitrogens with one attached hydrogen (secondary N) is 1. The zero-order valence-electron chi connectivity index (χ0n) is 16.2. The average molecular weight is 562 g/mol. The highest BCUT2D eigenvalue weighted by Crippen LogP contribution is 2.23. The third kappa shape index (κ3) is 5.66. The fraction of sp³-hybridized carbons (Fsp3) is 0.444. The Morgan fingerprint density at radius 1 is 1.25 bits per heavy atom. The van der Waals surface area contributed by atoms with E-state index in [0.29, 0.717) is 18.4 Å².